The Hall–Kier alpha value is -3.09. The summed E-state index contributed by atoms with van der Waals surface area (Å²) in [5.74, 6) is 0.534. The molecule has 0 N–H and O–H groups in total. The van der Waals surface area contributed by atoms with E-state index in [9.17, 15) is 13.2 Å². The van der Waals surface area contributed by atoms with Crippen molar-refractivity contribution in [1.29, 1.82) is 0 Å². The predicted octanol–water partition coefficient (Wildman–Crippen LogP) is 4.71. The summed E-state index contributed by atoms with van der Waals surface area (Å²) in [4.78, 5) is 15.4. The van der Waals surface area contributed by atoms with Crippen LogP contribution in [0.5, 0.6) is 5.75 Å². The molecule has 31 heavy (non-hydrogen) atoms. The van der Waals surface area contributed by atoms with Gasteiger partial charge in [0.15, 0.2) is 9.84 Å². The van der Waals surface area contributed by atoms with E-state index in [4.69, 9.17) is 16.3 Å². The summed E-state index contributed by atoms with van der Waals surface area (Å²) in [6.45, 7) is 0.337. The van der Waals surface area contributed by atoms with Gasteiger partial charge in [-0.3, -0.25) is 4.79 Å². The molecular weight excluding hydrogens is 434 g/mol. The molecule has 0 atom stereocenters. The first-order valence-corrected chi connectivity index (χ1v) is 11.8. The van der Waals surface area contributed by atoms with E-state index in [2.05, 4.69) is 0 Å². The fraction of sp³-hybridized carbons (Fsp3) is 0.125. The molecular formula is C24H20ClNO4S. The molecule has 0 spiro atoms. The monoisotopic (exact) mass is 453 g/mol. The molecule has 1 aliphatic rings. The summed E-state index contributed by atoms with van der Waals surface area (Å²) in [7, 11) is -1.72. The molecule has 158 valence electrons. The molecule has 7 heteroatoms. The second-order valence-electron chi connectivity index (χ2n) is 7.22. The van der Waals surface area contributed by atoms with Crippen LogP contribution in [0.25, 0.3) is 11.1 Å². The van der Waals surface area contributed by atoms with Crippen molar-refractivity contribution < 1.29 is 17.9 Å². The van der Waals surface area contributed by atoms with Crippen LogP contribution < -0.4 is 9.64 Å². The number of sulfone groups is 1. The predicted molar refractivity (Wildman–Crippen MR) is 123 cm³/mol. The molecule has 5 nitrogen and oxygen atoms in total. The Labute approximate surface area is 186 Å². The van der Waals surface area contributed by atoms with Gasteiger partial charge in [-0.05, 0) is 53.6 Å². The maximum atomic E-state index is 13.5. The number of methoxy groups -OCH3 is 1. The van der Waals surface area contributed by atoms with Crippen LogP contribution in [-0.2, 0) is 14.6 Å². The zero-order chi connectivity index (χ0) is 22.2. The summed E-state index contributed by atoms with van der Waals surface area (Å²) in [6.07, 6.45) is 1.17. The second-order valence-corrected chi connectivity index (χ2v) is 9.64. The van der Waals surface area contributed by atoms with Crippen LogP contribution in [0.2, 0.25) is 5.02 Å². The van der Waals surface area contributed by atoms with E-state index in [1.165, 1.54) is 6.26 Å². The maximum absolute atomic E-state index is 13.5. The Balaban J connectivity index is 1.83. The van der Waals surface area contributed by atoms with Gasteiger partial charge >= 0.3 is 0 Å². The van der Waals surface area contributed by atoms with Gasteiger partial charge in [0.2, 0.25) is 0 Å². The summed E-state index contributed by atoms with van der Waals surface area (Å²) >= 11 is 6.44. The first-order chi connectivity index (χ1) is 14.8. The normalized spacial score (nSPS) is 14.3. The van der Waals surface area contributed by atoms with E-state index in [1.807, 2.05) is 30.3 Å². The summed E-state index contributed by atoms with van der Waals surface area (Å²) in [5.41, 5.74) is 3.44. The zero-order valence-corrected chi connectivity index (χ0v) is 18.6. The Morgan fingerprint density at radius 3 is 2.16 bits per heavy atom. The Morgan fingerprint density at radius 2 is 1.58 bits per heavy atom. The van der Waals surface area contributed by atoms with Gasteiger partial charge in [-0.25, -0.2) is 8.42 Å². The molecule has 0 aromatic heterocycles. The van der Waals surface area contributed by atoms with Crippen molar-refractivity contribution >= 4 is 44.2 Å². The molecule has 0 radical (unpaired) electrons. The lowest BCUT2D eigenvalue weighted by molar-refractivity contribution is -0.112. The quantitative estimate of drug-likeness (QED) is 0.561. The number of hydrogen-bond donors (Lipinski definition) is 0. The summed E-state index contributed by atoms with van der Waals surface area (Å²) < 4.78 is 28.9. The first kappa shape index (κ1) is 21.2. The van der Waals surface area contributed by atoms with Gasteiger partial charge in [-0.2, -0.15) is 0 Å². The number of amides is 1. The standard InChI is InChI=1S/C24H20ClNO4S/c1-30-18-11-9-17(10-12-18)26-15-21(16-7-13-19(14-8-16)31(2,28)29)23(24(26)27)20-5-3-4-6-22(20)25/h3-14H,15H2,1-2H3. The highest BCUT2D eigenvalue weighted by molar-refractivity contribution is 7.90. The molecule has 4 rings (SSSR count). The third-order valence-corrected chi connectivity index (χ3v) is 6.69. The minimum atomic E-state index is -3.31. The zero-order valence-electron chi connectivity index (χ0n) is 17.0. The van der Waals surface area contributed by atoms with Crippen molar-refractivity contribution in [2.45, 2.75) is 4.90 Å². The Morgan fingerprint density at radius 1 is 0.935 bits per heavy atom. The number of halogens is 1. The van der Waals surface area contributed by atoms with E-state index in [1.54, 1.807) is 54.5 Å². The fourth-order valence-corrected chi connectivity index (χ4v) is 4.49. The van der Waals surface area contributed by atoms with Crippen LogP contribution in [0.4, 0.5) is 5.69 Å². The van der Waals surface area contributed by atoms with Crippen LogP contribution in [0.15, 0.2) is 77.7 Å². The molecule has 3 aromatic rings. The van der Waals surface area contributed by atoms with Gasteiger partial charge in [0, 0.05) is 22.5 Å². The van der Waals surface area contributed by atoms with Gasteiger partial charge in [0.05, 0.1) is 24.1 Å². The van der Waals surface area contributed by atoms with Crippen molar-refractivity contribution in [2.24, 2.45) is 0 Å². The van der Waals surface area contributed by atoms with Crippen LogP contribution >= 0.6 is 11.6 Å². The fourth-order valence-electron chi connectivity index (χ4n) is 3.62. The Kier molecular flexibility index (Phi) is 5.60. The second kappa shape index (κ2) is 8.21. The van der Waals surface area contributed by atoms with Crippen LogP contribution in [0.1, 0.15) is 11.1 Å². The van der Waals surface area contributed by atoms with Crippen LogP contribution in [-0.4, -0.2) is 34.2 Å². The average Bonchev–Trinajstić information content (AvgIpc) is 3.10. The van der Waals surface area contributed by atoms with E-state index in [0.29, 0.717) is 28.5 Å². The van der Waals surface area contributed by atoms with Crippen molar-refractivity contribution in [2.75, 3.05) is 24.8 Å². The largest absolute Gasteiger partial charge is 0.497 e. The highest BCUT2D eigenvalue weighted by Crippen LogP contribution is 2.39. The molecule has 1 aliphatic heterocycles. The van der Waals surface area contributed by atoms with Gasteiger partial charge in [0.1, 0.15) is 5.75 Å². The van der Waals surface area contributed by atoms with Crippen molar-refractivity contribution in [3.63, 3.8) is 0 Å². The van der Waals surface area contributed by atoms with Crippen LogP contribution in [0, 0.1) is 0 Å². The molecule has 1 heterocycles. The van der Waals surface area contributed by atoms with Crippen molar-refractivity contribution in [1.82, 2.24) is 0 Å². The van der Waals surface area contributed by atoms with Gasteiger partial charge in [-0.15, -0.1) is 0 Å². The minimum absolute atomic E-state index is 0.166. The SMILES string of the molecule is COc1ccc(N2CC(c3ccc(S(C)(=O)=O)cc3)=C(c3ccccc3Cl)C2=O)cc1. The van der Waals surface area contributed by atoms with E-state index in [0.717, 1.165) is 16.8 Å². The third-order valence-electron chi connectivity index (χ3n) is 5.24. The number of carbonyl (C=O) groups excluding carboxylic acids is 1. The molecule has 0 fully saturated rings. The average molecular weight is 454 g/mol. The number of anilines is 1. The number of carbonyl (C=O) groups is 1. The lowest BCUT2D eigenvalue weighted by Gasteiger charge is -2.17. The lowest BCUT2D eigenvalue weighted by Crippen LogP contribution is -2.26. The molecule has 0 bridgehead atoms. The van der Waals surface area contributed by atoms with Gasteiger partial charge < -0.3 is 9.64 Å². The van der Waals surface area contributed by atoms with Crippen molar-refractivity contribution in [3.05, 3.63) is 88.9 Å². The minimum Gasteiger partial charge on any atom is -0.497 e. The summed E-state index contributed by atoms with van der Waals surface area (Å²) in [5, 5.41) is 0.479. The van der Waals surface area contributed by atoms with E-state index < -0.39 is 9.84 Å². The number of rotatable bonds is 5. The number of nitrogens with zero attached hydrogens (tertiary/aromatic N) is 1. The number of ether oxygens (including phenoxy) is 1. The van der Waals surface area contributed by atoms with Gasteiger partial charge in [0.25, 0.3) is 5.91 Å². The highest BCUT2D eigenvalue weighted by Gasteiger charge is 2.34. The molecule has 0 saturated carbocycles. The molecule has 1 amide bonds. The van der Waals surface area contributed by atoms with Gasteiger partial charge in [-0.1, -0.05) is 41.9 Å². The number of benzene rings is 3. The van der Waals surface area contributed by atoms with E-state index >= 15 is 0 Å². The van der Waals surface area contributed by atoms with Crippen molar-refractivity contribution in [3.8, 4) is 5.75 Å². The third kappa shape index (κ3) is 4.09. The van der Waals surface area contributed by atoms with E-state index in [-0.39, 0.29) is 10.8 Å². The smallest absolute Gasteiger partial charge is 0.259 e. The first-order valence-electron chi connectivity index (χ1n) is 9.54. The lowest BCUT2D eigenvalue weighted by atomic mass is 9.97. The number of hydrogen-bond acceptors (Lipinski definition) is 4. The topological polar surface area (TPSA) is 63.7 Å². The summed E-state index contributed by atoms with van der Waals surface area (Å²) in [6, 6.07) is 21.1. The molecule has 0 unspecified atom stereocenters. The maximum Gasteiger partial charge on any atom is 0.259 e. The van der Waals surface area contributed by atoms with Crippen LogP contribution in [0.3, 0.4) is 0 Å². The molecule has 0 saturated heterocycles. The molecule has 0 aliphatic carbocycles. The highest BCUT2D eigenvalue weighted by atomic mass is 35.5. The Bertz CT molecular complexity index is 1280. The molecule has 3 aromatic carbocycles.